The van der Waals surface area contributed by atoms with Gasteiger partial charge in [0.05, 0.1) is 0 Å². The molecule has 5 nitrogen and oxygen atoms in total. The number of furan rings is 1. The van der Waals surface area contributed by atoms with Crippen LogP contribution in [0.1, 0.15) is 46.8 Å². The van der Waals surface area contributed by atoms with Gasteiger partial charge in [0.2, 0.25) is 0 Å². The van der Waals surface area contributed by atoms with E-state index >= 15 is 0 Å². The number of carbonyl (C=O) groups is 1. The number of imidazole rings is 1. The van der Waals surface area contributed by atoms with E-state index in [2.05, 4.69) is 15.6 Å². The van der Waals surface area contributed by atoms with Crippen LogP contribution in [0.4, 0.5) is 0 Å². The lowest BCUT2D eigenvalue weighted by molar-refractivity contribution is 0.0654. The highest BCUT2D eigenvalue weighted by molar-refractivity contribution is 5.99. The Balaban J connectivity index is 1.39. The molecule has 0 bridgehead atoms. The van der Waals surface area contributed by atoms with Gasteiger partial charge in [0.15, 0.2) is 5.76 Å². The summed E-state index contributed by atoms with van der Waals surface area (Å²) in [5.41, 5.74) is 2.90. The summed E-state index contributed by atoms with van der Waals surface area (Å²) in [5.74, 6) is 2.27. The number of carbonyl (C=O) groups excluding carboxylic acids is 1. The Hall–Kier alpha value is -2.56. The van der Waals surface area contributed by atoms with Crippen LogP contribution in [-0.4, -0.2) is 33.4 Å². The fourth-order valence-electron chi connectivity index (χ4n) is 4.07. The number of aromatic nitrogens is 2. The van der Waals surface area contributed by atoms with Gasteiger partial charge in [0, 0.05) is 43.0 Å². The highest BCUT2D eigenvalue weighted by Crippen LogP contribution is 2.29. The molecule has 1 saturated heterocycles. The van der Waals surface area contributed by atoms with E-state index in [0.29, 0.717) is 11.7 Å². The Kier molecular flexibility index (Phi) is 4.77. The maximum atomic E-state index is 13.0. The molecule has 2 aromatic heterocycles. The van der Waals surface area contributed by atoms with Crippen molar-refractivity contribution in [3.63, 3.8) is 0 Å². The fourth-order valence-corrected chi connectivity index (χ4v) is 4.07. The summed E-state index contributed by atoms with van der Waals surface area (Å²) in [6, 6.07) is 6.11. The molecule has 0 radical (unpaired) electrons. The van der Waals surface area contributed by atoms with Gasteiger partial charge in [-0.1, -0.05) is 12.1 Å². The Bertz CT molecular complexity index is 961. The number of nitrogens with zero attached hydrogens (tertiary/aromatic N) is 3. The predicted molar refractivity (Wildman–Crippen MR) is 106 cm³/mol. The fraction of sp³-hybridized carbons (Fsp3) is 0.455. The van der Waals surface area contributed by atoms with Crippen molar-refractivity contribution in [1.29, 1.82) is 0 Å². The van der Waals surface area contributed by atoms with Crippen molar-refractivity contribution in [3.05, 3.63) is 53.3 Å². The minimum Gasteiger partial charge on any atom is -0.451 e. The number of piperidine rings is 1. The Morgan fingerprint density at radius 2 is 2.00 bits per heavy atom. The molecule has 0 aliphatic carbocycles. The average molecular weight is 365 g/mol. The molecule has 1 aliphatic rings. The lowest BCUT2D eigenvalue weighted by Gasteiger charge is -2.31. The van der Waals surface area contributed by atoms with Crippen molar-refractivity contribution in [2.45, 2.75) is 46.6 Å². The van der Waals surface area contributed by atoms with Crippen molar-refractivity contribution >= 4 is 16.9 Å². The third kappa shape index (κ3) is 3.51. The van der Waals surface area contributed by atoms with Gasteiger partial charge >= 0.3 is 0 Å². The molecule has 0 unspecified atom stereocenters. The van der Waals surface area contributed by atoms with Crippen LogP contribution in [0.25, 0.3) is 11.0 Å². The summed E-state index contributed by atoms with van der Waals surface area (Å²) in [6.45, 7) is 8.68. The van der Waals surface area contributed by atoms with E-state index < -0.39 is 0 Å². The van der Waals surface area contributed by atoms with E-state index in [1.165, 1.54) is 0 Å². The second kappa shape index (κ2) is 7.22. The molecule has 3 heterocycles. The van der Waals surface area contributed by atoms with Crippen molar-refractivity contribution in [3.8, 4) is 0 Å². The molecule has 1 amide bonds. The summed E-state index contributed by atoms with van der Waals surface area (Å²) in [5, 5.41) is 1.04. The van der Waals surface area contributed by atoms with Crippen molar-refractivity contribution < 1.29 is 9.21 Å². The second-order valence-electron chi connectivity index (χ2n) is 7.75. The molecular formula is C22H27N3O2. The Morgan fingerprint density at radius 3 is 2.70 bits per heavy atom. The van der Waals surface area contributed by atoms with Crippen LogP contribution in [0.3, 0.4) is 0 Å². The van der Waals surface area contributed by atoms with Crippen LogP contribution in [0.15, 0.2) is 35.0 Å². The second-order valence-corrected chi connectivity index (χ2v) is 7.75. The lowest BCUT2D eigenvalue weighted by Crippen LogP contribution is -2.38. The molecule has 0 saturated carbocycles. The topological polar surface area (TPSA) is 51.3 Å². The standard InChI is InChI=1S/C22H27N3O2/c1-15-4-5-19-16(2)21(27-20(19)14-15)22(26)25-11-7-18(8-12-25)6-10-24-13-9-23-17(24)3/h4-5,9,13-14,18H,6-8,10-12H2,1-3H3. The first-order valence-electron chi connectivity index (χ1n) is 9.79. The summed E-state index contributed by atoms with van der Waals surface area (Å²) in [4.78, 5) is 19.2. The number of fused-ring (bicyclic) bond motifs is 1. The molecule has 0 spiro atoms. The molecule has 5 heteroatoms. The normalized spacial score (nSPS) is 15.6. The molecule has 0 N–H and O–H groups in total. The molecule has 27 heavy (non-hydrogen) atoms. The van der Waals surface area contributed by atoms with Gasteiger partial charge in [0.25, 0.3) is 5.91 Å². The third-order valence-electron chi connectivity index (χ3n) is 5.89. The third-order valence-corrected chi connectivity index (χ3v) is 5.89. The van der Waals surface area contributed by atoms with Crippen LogP contribution in [0.5, 0.6) is 0 Å². The summed E-state index contributed by atoms with van der Waals surface area (Å²) >= 11 is 0. The lowest BCUT2D eigenvalue weighted by atomic mass is 9.93. The quantitative estimate of drug-likeness (QED) is 0.684. The zero-order valence-electron chi connectivity index (χ0n) is 16.4. The van der Waals surface area contributed by atoms with E-state index in [1.807, 2.05) is 50.2 Å². The molecule has 142 valence electrons. The minimum absolute atomic E-state index is 0.0326. The number of rotatable bonds is 4. The zero-order chi connectivity index (χ0) is 19.0. The van der Waals surface area contributed by atoms with E-state index in [-0.39, 0.29) is 5.91 Å². The summed E-state index contributed by atoms with van der Waals surface area (Å²) in [6.07, 6.45) is 7.14. The first kappa shape index (κ1) is 17.8. The van der Waals surface area contributed by atoms with Crippen molar-refractivity contribution in [2.24, 2.45) is 5.92 Å². The van der Waals surface area contributed by atoms with Crippen LogP contribution >= 0.6 is 0 Å². The van der Waals surface area contributed by atoms with E-state index in [1.54, 1.807) is 0 Å². The number of benzene rings is 1. The van der Waals surface area contributed by atoms with Crippen LogP contribution in [0, 0.1) is 26.7 Å². The van der Waals surface area contributed by atoms with E-state index in [0.717, 1.165) is 66.8 Å². The Labute approximate surface area is 160 Å². The Morgan fingerprint density at radius 1 is 1.22 bits per heavy atom. The SMILES string of the molecule is Cc1ccc2c(C)c(C(=O)N3CCC(CCn4ccnc4C)CC3)oc2c1. The van der Waals surface area contributed by atoms with Gasteiger partial charge in [-0.3, -0.25) is 4.79 Å². The number of likely N-dealkylation sites (tertiary alicyclic amines) is 1. The van der Waals surface area contributed by atoms with E-state index in [9.17, 15) is 4.79 Å². The molecule has 1 fully saturated rings. The van der Waals surface area contributed by atoms with Crippen LogP contribution in [0.2, 0.25) is 0 Å². The van der Waals surface area contributed by atoms with E-state index in [4.69, 9.17) is 4.42 Å². The highest BCUT2D eigenvalue weighted by Gasteiger charge is 2.27. The van der Waals surface area contributed by atoms with Gasteiger partial charge in [-0.2, -0.15) is 0 Å². The van der Waals surface area contributed by atoms with Gasteiger partial charge in [-0.05, 0) is 57.6 Å². The molecule has 1 aliphatic heterocycles. The maximum absolute atomic E-state index is 13.0. The highest BCUT2D eigenvalue weighted by atomic mass is 16.3. The summed E-state index contributed by atoms with van der Waals surface area (Å²) in [7, 11) is 0. The first-order valence-corrected chi connectivity index (χ1v) is 9.79. The average Bonchev–Trinajstić information content (AvgIpc) is 3.22. The largest absolute Gasteiger partial charge is 0.451 e. The zero-order valence-corrected chi connectivity index (χ0v) is 16.4. The minimum atomic E-state index is 0.0326. The van der Waals surface area contributed by atoms with Crippen LogP contribution in [-0.2, 0) is 6.54 Å². The van der Waals surface area contributed by atoms with Crippen molar-refractivity contribution in [2.75, 3.05) is 13.1 Å². The van der Waals surface area contributed by atoms with Crippen LogP contribution < -0.4 is 0 Å². The number of hydrogen-bond donors (Lipinski definition) is 0. The van der Waals surface area contributed by atoms with Crippen molar-refractivity contribution in [1.82, 2.24) is 14.5 Å². The van der Waals surface area contributed by atoms with Gasteiger partial charge in [0.1, 0.15) is 11.4 Å². The molecule has 0 atom stereocenters. The molecule has 4 rings (SSSR count). The first-order chi connectivity index (χ1) is 13.0. The summed E-state index contributed by atoms with van der Waals surface area (Å²) < 4.78 is 8.14. The van der Waals surface area contributed by atoms with Gasteiger partial charge in [-0.15, -0.1) is 0 Å². The maximum Gasteiger partial charge on any atom is 0.289 e. The number of amides is 1. The number of hydrogen-bond acceptors (Lipinski definition) is 3. The smallest absolute Gasteiger partial charge is 0.289 e. The monoisotopic (exact) mass is 365 g/mol. The molecular weight excluding hydrogens is 338 g/mol. The molecule has 1 aromatic carbocycles. The van der Waals surface area contributed by atoms with Gasteiger partial charge < -0.3 is 13.9 Å². The number of aryl methyl sites for hydroxylation is 4. The predicted octanol–water partition coefficient (Wildman–Crippen LogP) is 4.50. The van der Waals surface area contributed by atoms with Gasteiger partial charge in [-0.25, -0.2) is 4.98 Å². The molecule has 3 aromatic rings.